The van der Waals surface area contributed by atoms with Crippen LogP contribution in [0.3, 0.4) is 0 Å². The number of hydrogen-bond acceptors (Lipinski definition) is 6. The summed E-state index contributed by atoms with van der Waals surface area (Å²) in [6.07, 6.45) is 7.20. The lowest BCUT2D eigenvalue weighted by atomic mass is 9.83. The highest BCUT2D eigenvalue weighted by Crippen LogP contribution is 2.36. The molecule has 1 aromatic carbocycles. The molecule has 1 aliphatic rings. The number of benzene rings is 1. The molecule has 0 aliphatic heterocycles. The van der Waals surface area contributed by atoms with E-state index in [-0.39, 0.29) is 12.3 Å². The maximum atomic E-state index is 13.8. The lowest BCUT2D eigenvalue weighted by molar-refractivity contribution is -0.122. The molecule has 0 amide bonds. The summed E-state index contributed by atoms with van der Waals surface area (Å²) in [7, 11) is 0. The highest BCUT2D eigenvalue weighted by Gasteiger charge is 2.21. The normalized spacial score (nSPS) is 13.2. The predicted molar refractivity (Wildman–Crippen MR) is 115 cm³/mol. The van der Waals surface area contributed by atoms with Crippen LogP contribution in [0.25, 0.3) is 10.9 Å². The molecule has 3 heterocycles. The minimum Gasteiger partial charge on any atom is -0.483 e. The van der Waals surface area contributed by atoms with Gasteiger partial charge in [-0.05, 0) is 42.7 Å². The van der Waals surface area contributed by atoms with Crippen LogP contribution < -0.4 is 10.6 Å². The Balaban J connectivity index is 0.000000730. The van der Waals surface area contributed by atoms with Gasteiger partial charge < -0.3 is 20.7 Å². The highest BCUT2D eigenvalue weighted by molar-refractivity contribution is 5.83. The third-order valence-corrected chi connectivity index (χ3v) is 5.21. The van der Waals surface area contributed by atoms with E-state index in [9.17, 15) is 4.39 Å². The van der Waals surface area contributed by atoms with E-state index >= 15 is 0 Å². The molecule has 9 nitrogen and oxygen atoms in total. The number of nitrogens with one attached hydrogen (secondary N) is 4. The minimum atomic E-state index is -0.274. The number of carboxylic acid groups (broad SMARTS) is 1. The van der Waals surface area contributed by atoms with Crippen LogP contribution in [-0.4, -0.2) is 36.7 Å². The molecule has 0 unspecified atom stereocenters. The van der Waals surface area contributed by atoms with E-state index in [1.54, 1.807) is 18.5 Å². The first kappa shape index (κ1) is 20.3. The Kier molecular flexibility index (Phi) is 6.06. The van der Waals surface area contributed by atoms with Crippen LogP contribution in [0.1, 0.15) is 36.4 Å². The van der Waals surface area contributed by atoms with E-state index in [0.717, 1.165) is 22.3 Å². The number of anilines is 3. The molecule has 0 bridgehead atoms. The monoisotopic (exact) mass is 423 g/mol. The first-order valence-corrected chi connectivity index (χ1v) is 9.89. The Morgan fingerprint density at radius 3 is 2.84 bits per heavy atom. The first-order valence-electron chi connectivity index (χ1n) is 9.89. The molecule has 5 rings (SSSR count). The van der Waals surface area contributed by atoms with Crippen molar-refractivity contribution >= 4 is 35.0 Å². The van der Waals surface area contributed by atoms with Crippen LogP contribution in [0, 0.1) is 5.82 Å². The van der Waals surface area contributed by atoms with Gasteiger partial charge in [0.1, 0.15) is 11.6 Å². The number of H-pyrrole nitrogens is 2. The largest absolute Gasteiger partial charge is 0.483 e. The van der Waals surface area contributed by atoms with E-state index < -0.39 is 0 Å². The van der Waals surface area contributed by atoms with Crippen molar-refractivity contribution in [1.82, 2.24) is 25.1 Å². The summed E-state index contributed by atoms with van der Waals surface area (Å²) in [4.78, 5) is 20.1. The zero-order chi connectivity index (χ0) is 21.6. The van der Waals surface area contributed by atoms with Gasteiger partial charge in [-0.25, -0.2) is 9.37 Å². The lowest BCUT2D eigenvalue weighted by Crippen LogP contribution is -2.08. The Hall–Kier alpha value is -3.95. The molecule has 3 aromatic heterocycles. The Bertz CT molecular complexity index is 1170. The van der Waals surface area contributed by atoms with Gasteiger partial charge in [-0.1, -0.05) is 6.42 Å². The van der Waals surface area contributed by atoms with Gasteiger partial charge in [-0.15, -0.1) is 0 Å². The summed E-state index contributed by atoms with van der Waals surface area (Å²) in [5.74, 6) is 2.18. The van der Waals surface area contributed by atoms with Crippen molar-refractivity contribution < 1.29 is 14.3 Å². The van der Waals surface area contributed by atoms with Crippen molar-refractivity contribution in [3.63, 3.8) is 0 Å². The third kappa shape index (κ3) is 4.80. The molecule has 31 heavy (non-hydrogen) atoms. The molecule has 1 fully saturated rings. The highest BCUT2D eigenvalue weighted by atomic mass is 19.1. The van der Waals surface area contributed by atoms with Crippen molar-refractivity contribution in [2.45, 2.75) is 31.7 Å². The second-order valence-electron chi connectivity index (χ2n) is 7.19. The standard InChI is InChI=1S/C20H20FN7.CH2O2/c21-14-8-13(15-4-6-22-17(15)9-14)11-24-20-23-7-5-18(26-20)25-19-10-16(27-28-19)12-2-1-3-12;2-1-3/h4-10,12,22H,1-3,11H2,(H3,23,24,25,26,27,28);1H,(H,2,3). The van der Waals surface area contributed by atoms with Crippen molar-refractivity contribution in [2.24, 2.45) is 0 Å². The van der Waals surface area contributed by atoms with Gasteiger partial charge in [0.2, 0.25) is 5.95 Å². The van der Waals surface area contributed by atoms with Crippen LogP contribution in [-0.2, 0) is 11.3 Å². The molecule has 0 atom stereocenters. The molecule has 0 spiro atoms. The van der Waals surface area contributed by atoms with Crippen LogP contribution in [0.2, 0.25) is 0 Å². The zero-order valence-corrected chi connectivity index (χ0v) is 16.6. The molecular formula is C21H22FN7O2. The molecular weight excluding hydrogens is 401 g/mol. The zero-order valence-electron chi connectivity index (χ0n) is 16.6. The third-order valence-electron chi connectivity index (χ3n) is 5.21. The second kappa shape index (κ2) is 9.24. The molecule has 160 valence electrons. The molecule has 0 radical (unpaired) electrons. The minimum absolute atomic E-state index is 0.250. The van der Waals surface area contributed by atoms with E-state index in [4.69, 9.17) is 9.90 Å². The van der Waals surface area contributed by atoms with Crippen molar-refractivity contribution in [3.05, 3.63) is 59.8 Å². The van der Waals surface area contributed by atoms with Gasteiger partial charge in [0.15, 0.2) is 5.82 Å². The second-order valence-corrected chi connectivity index (χ2v) is 7.19. The van der Waals surface area contributed by atoms with Crippen LogP contribution >= 0.6 is 0 Å². The van der Waals surface area contributed by atoms with Crippen LogP contribution in [0.4, 0.5) is 22.0 Å². The van der Waals surface area contributed by atoms with Gasteiger partial charge in [-0.3, -0.25) is 9.89 Å². The van der Waals surface area contributed by atoms with Crippen LogP contribution in [0.15, 0.2) is 42.7 Å². The lowest BCUT2D eigenvalue weighted by Gasteiger charge is -2.23. The Morgan fingerprint density at radius 1 is 1.23 bits per heavy atom. The molecule has 10 heteroatoms. The van der Waals surface area contributed by atoms with E-state index in [1.165, 1.54) is 37.1 Å². The molecule has 5 N–H and O–H groups in total. The average Bonchev–Trinajstić information content (AvgIpc) is 3.35. The van der Waals surface area contributed by atoms with Crippen molar-refractivity contribution in [3.8, 4) is 0 Å². The summed E-state index contributed by atoms with van der Waals surface area (Å²) >= 11 is 0. The topological polar surface area (TPSA) is 132 Å². The van der Waals surface area contributed by atoms with E-state index in [0.29, 0.717) is 24.2 Å². The number of hydrogen-bond donors (Lipinski definition) is 5. The summed E-state index contributed by atoms with van der Waals surface area (Å²) < 4.78 is 13.8. The van der Waals surface area contributed by atoms with E-state index in [1.807, 2.05) is 12.1 Å². The fourth-order valence-electron chi connectivity index (χ4n) is 3.50. The number of carbonyl (C=O) groups is 1. The molecule has 1 saturated carbocycles. The van der Waals surface area contributed by atoms with Gasteiger partial charge >= 0.3 is 0 Å². The number of halogens is 1. The number of rotatable bonds is 6. The fraction of sp³-hybridized carbons (Fsp3) is 0.238. The Morgan fingerprint density at radius 2 is 2.06 bits per heavy atom. The first-order chi connectivity index (χ1) is 15.2. The SMILES string of the molecule is Fc1cc(CNc2nccc(Nc3cc(C4CCC4)[nH]n3)n2)c2cc[nH]c2c1.O=CO. The van der Waals surface area contributed by atoms with Gasteiger partial charge in [0.05, 0.1) is 0 Å². The summed E-state index contributed by atoms with van der Waals surface area (Å²) in [5.41, 5.74) is 2.78. The molecule has 4 aromatic rings. The quantitative estimate of drug-likeness (QED) is 0.294. The van der Waals surface area contributed by atoms with Crippen molar-refractivity contribution in [2.75, 3.05) is 10.6 Å². The number of fused-ring (bicyclic) bond motifs is 1. The maximum Gasteiger partial charge on any atom is 0.290 e. The summed E-state index contributed by atoms with van der Waals surface area (Å²) in [6, 6.07) is 8.77. The average molecular weight is 423 g/mol. The van der Waals surface area contributed by atoms with Gasteiger partial charge in [0.25, 0.3) is 6.47 Å². The number of nitrogens with zero attached hydrogens (tertiary/aromatic N) is 3. The molecule has 1 aliphatic carbocycles. The maximum absolute atomic E-state index is 13.8. The fourth-order valence-corrected chi connectivity index (χ4v) is 3.50. The van der Waals surface area contributed by atoms with E-state index in [2.05, 4.69) is 35.8 Å². The number of aromatic nitrogens is 5. The smallest absolute Gasteiger partial charge is 0.290 e. The van der Waals surface area contributed by atoms with Crippen LogP contribution in [0.5, 0.6) is 0 Å². The van der Waals surface area contributed by atoms with Gasteiger partial charge in [-0.2, -0.15) is 10.1 Å². The predicted octanol–water partition coefficient (Wildman–Crippen LogP) is 4.14. The Labute approximate surface area is 177 Å². The van der Waals surface area contributed by atoms with Gasteiger partial charge in [0, 0.05) is 47.5 Å². The van der Waals surface area contributed by atoms with Crippen molar-refractivity contribution in [1.29, 1.82) is 0 Å². The number of aromatic amines is 2. The summed E-state index contributed by atoms with van der Waals surface area (Å²) in [5, 5.41) is 21.6. The summed E-state index contributed by atoms with van der Waals surface area (Å²) in [6.45, 7) is 0.170. The molecule has 0 saturated heterocycles.